The fourth-order valence-corrected chi connectivity index (χ4v) is 1.18. The number of ether oxygens (including phenoxy) is 2. The SMILES string of the molecule is COc1cccc(OC(C)CN=C(N)N)c1.I. The molecule has 0 spiro atoms. The summed E-state index contributed by atoms with van der Waals surface area (Å²) < 4.78 is 10.7. The van der Waals surface area contributed by atoms with Crippen LogP contribution in [-0.4, -0.2) is 25.7 Å². The molecule has 96 valence electrons. The number of halogens is 1. The fraction of sp³-hybridized carbons (Fsp3) is 0.364. The van der Waals surface area contributed by atoms with Crippen molar-refractivity contribution in [2.75, 3.05) is 13.7 Å². The predicted octanol–water partition coefficient (Wildman–Crippen LogP) is 1.35. The first kappa shape index (κ1) is 15.8. The second kappa shape index (κ2) is 7.99. The molecule has 1 aromatic carbocycles. The van der Waals surface area contributed by atoms with E-state index in [1.807, 2.05) is 31.2 Å². The van der Waals surface area contributed by atoms with Gasteiger partial charge in [-0.2, -0.15) is 0 Å². The Morgan fingerprint density at radius 2 is 2.00 bits per heavy atom. The summed E-state index contributed by atoms with van der Waals surface area (Å²) in [6, 6.07) is 7.38. The third kappa shape index (κ3) is 6.20. The number of hydrogen-bond acceptors (Lipinski definition) is 3. The van der Waals surface area contributed by atoms with Gasteiger partial charge in [0.2, 0.25) is 0 Å². The molecule has 1 aromatic rings. The average Bonchev–Trinajstić information content (AvgIpc) is 2.26. The average molecular weight is 351 g/mol. The highest BCUT2D eigenvalue weighted by Crippen LogP contribution is 2.19. The van der Waals surface area contributed by atoms with Gasteiger partial charge in [-0.05, 0) is 19.1 Å². The molecular weight excluding hydrogens is 333 g/mol. The zero-order valence-corrected chi connectivity index (χ0v) is 12.3. The van der Waals surface area contributed by atoms with Crippen molar-refractivity contribution in [2.24, 2.45) is 16.5 Å². The van der Waals surface area contributed by atoms with Gasteiger partial charge in [-0.25, -0.2) is 4.99 Å². The highest BCUT2D eigenvalue weighted by Gasteiger charge is 2.03. The summed E-state index contributed by atoms with van der Waals surface area (Å²) >= 11 is 0. The lowest BCUT2D eigenvalue weighted by Crippen LogP contribution is -2.26. The number of aliphatic imine (C=N–C) groups is 1. The zero-order chi connectivity index (χ0) is 12.0. The van der Waals surface area contributed by atoms with Crippen LogP contribution in [0.1, 0.15) is 6.92 Å². The maximum Gasteiger partial charge on any atom is 0.186 e. The van der Waals surface area contributed by atoms with Gasteiger partial charge in [0.1, 0.15) is 17.6 Å². The highest BCUT2D eigenvalue weighted by atomic mass is 127. The van der Waals surface area contributed by atoms with Crippen LogP contribution < -0.4 is 20.9 Å². The molecule has 1 atom stereocenters. The summed E-state index contributed by atoms with van der Waals surface area (Å²) in [6.45, 7) is 2.32. The molecule has 1 rings (SSSR count). The number of guanidine groups is 1. The van der Waals surface area contributed by atoms with E-state index in [4.69, 9.17) is 20.9 Å². The highest BCUT2D eigenvalue weighted by molar-refractivity contribution is 14.0. The summed E-state index contributed by atoms with van der Waals surface area (Å²) in [5.41, 5.74) is 10.5. The summed E-state index contributed by atoms with van der Waals surface area (Å²) in [4.78, 5) is 3.88. The molecule has 0 saturated carbocycles. The smallest absolute Gasteiger partial charge is 0.186 e. The predicted molar refractivity (Wildman–Crippen MR) is 79.2 cm³/mol. The molecule has 0 saturated heterocycles. The molecule has 0 heterocycles. The van der Waals surface area contributed by atoms with Crippen molar-refractivity contribution in [1.82, 2.24) is 0 Å². The van der Waals surface area contributed by atoms with Crippen LogP contribution in [0, 0.1) is 0 Å². The second-order valence-corrected chi connectivity index (χ2v) is 3.37. The van der Waals surface area contributed by atoms with Gasteiger partial charge < -0.3 is 20.9 Å². The Morgan fingerprint density at radius 1 is 1.35 bits per heavy atom. The summed E-state index contributed by atoms with van der Waals surface area (Å²) in [7, 11) is 1.61. The van der Waals surface area contributed by atoms with Gasteiger partial charge in [0.15, 0.2) is 5.96 Å². The van der Waals surface area contributed by atoms with Crippen LogP contribution in [0.25, 0.3) is 0 Å². The van der Waals surface area contributed by atoms with Gasteiger partial charge in [0.25, 0.3) is 0 Å². The molecule has 0 aliphatic rings. The lowest BCUT2D eigenvalue weighted by molar-refractivity contribution is 0.229. The molecule has 6 heteroatoms. The molecule has 0 amide bonds. The van der Waals surface area contributed by atoms with Gasteiger partial charge in [-0.1, -0.05) is 6.07 Å². The Labute approximate surface area is 118 Å². The first-order chi connectivity index (χ1) is 7.61. The number of nitrogens with two attached hydrogens (primary N) is 2. The van der Waals surface area contributed by atoms with E-state index in [0.717, 1.165) is 11.5 Å². The third-order valence-electron chi connectivity index (χ3n) is 1.91. The Morgan fingerprint density at radius 3 is 2.59 bits per heavy atom. The Balaban J connectivity index is 0.00000256. The molecule has 5 nitrogen and oxygen atoms in total. The van der Waals surface area contributed by atoms with Crippen LogP contribution in [0.2, 0.25) is 0 Å². The van der Waals surface area contributed by atoms with Crippen LogP contribution >= 0.6 is 24.0 Å². The molecule has 4 N–H and O–H groups in total. The molecule has 1 unspecified atom stereocenters. The van der Waals surface area contributed by atoms with Crippen molar-refractivity contribution >= 4 is 29.9 Å². The summed E-state index contributed by atoms with van der Waals surface area (Å²) in [6.07, 6.45) is -0.0887. The number of benzene rings is 1. The maximum atomic E-state index is 5.61. The molecule has 0 fully saturated rings. The number of methoxy groups -OCH3 is 1. The lowest BCUT2D eigenvalue weighted by Gasteiger charge is -2.13. The van der Waals surface area contributed by atoms with Crippen LogP contribution in [0.4, 0.5) is 0 Å². The van der Waals surface area contributed by atoms with E-state index in [1.54, 1.807) is 7.11 Å². The van der Waals surface area contributed by atoms with Crippen molar-refractivity contribution in [3.63, 3.8) is 0 Å². The number of rotatable bonds is 5. The largest absolute Gasteiger partial charge is 0.497 e. The van der Waals surface area contributed by atoms with E-state index < -0.39 is 0 Å². The lowest BCUT2D eigenvalue weighted by atomic mass is 10.3. The van der Waals surface area contributed by atoms with Gasteiger partial charge >= 0.3 is 0 Å². The Hall–Kier alpha value is -1.18. The van der Waals surface area contributed by atoms with Crippen molar-refractivity contribution in [3.05, 3.63) is 24.3 Å². The first-order valence-electron chi connectivity index (χ1n) is 4.98. The van der Waals surface area contributed by atoms with Crippen molar-refractivity contribution in [3.8, 4) is 11.5 Å². The van der Waals surface area contributed by atoms with Crippen LogP contribution in [0.5, 0.6) is 11.5 Å². The minimum Gasteiger partial charge on any atom is -0.497 e. The zero-order valence-electron chi connectivity index (χ0n) is 9.92. The third-order valence-corrected chi connectivity index (χ3v) is 1.91. The molecular formula is C11H18IN3O2. The monoisotopic (exact) mass is 351 g/mol. The van der Waals surface area contributed by atoms with E-state index in [1.165, 1.54) is 0 Å². The maximum absolute atomic E-state index is 5.61. The normalized spacial score (nSPS) is 10.9. The van der Waals surface area contributed by atoms with Gasteiger partial charge in [-0.3, -0.25) is 0 Å². The van der Waals surface area contributed by atoms with E-state index in [-0.39, 0.29) is 36.0 Å². The number of hydrogen-bond donors (Lipinski definition) is 2. The van der Waals surface area contributed by atoms with E-state index in [0.29, 0.717) is 6.54 Å². The fourth-order valence-electron chi connectivity index (χ4n) is 1.18. The first-order valence-corrected chi connectivity index (χ1v) is 4.98. The standard InChI is InChI=1S/C11H17N3O2.HI/c1-8(7-14-11(12)13)16-10-5-3-4-9(6-10)15-2;/h3-6,8H,7H2,1-2H3,(H4,12,13,14);1H. The van der Waals surface area contributed by atoms with Crippen LogP contribution in [0.15, 0.2) is 29.3 Å². The van der Waals surface area contributed by atoms with Crippen LogP contribution in [0.3, 0.4) is 0 Å². The second-order valence-electron chi connectivity index (χ2n) is 3.37. The van der Waals surface area contributed by atoms with Crippen molar-refractivity contribution in [2.45, 2.75) is 13.0 Å². The van der Waals surface area contributed by atoms with Crippen LogP contribution in [-0.2, 0) is 0 Å². The van der Waals surface area contributed by atoms with E-state index >= 15 is 0 Å². The quantitative estimate of drug-likeness (QED) is 0.477. The molecule has 0 aromatic heterocycles. The Kier molecular flexibility index (Phi) is 7.44. The van der Waals surface area contributed by atoms with E-state index in [2.05, 4.69) is 4.99 Å². The van der Waals surface area contributed by atoms with Crippen molar-refractivity contribution < 1.29 is 9.47 Å². The van der Waals surface area contributed by atoms with E-state index in [9.17, 15) is 0 Å². The topological polar surface area (TPSA) is 82.9 Å². The molecule has 0 aliphatic heterocycles. The minimum absolute atomic E-state index is 0. The Bertz CT molecular complexity index is 367. The molecule has 17 heavy (non-hydrogen) atoms. The van der Waals surface area contributed by atoms with Gasteiger partial charge in [-0.15, -0.1) is 24.0 Å². The molecule has 0 radical (unpaired) electrons. The summed E-state index contributed by atoms with van der Waals surface area (Å²) in [5.74, 6) is 1.56. The molecule has 0 bridgehead atoms. The van der Waals surface area contributed by atoms with Gasteiger partial charge in [0.05, 0.1) is 13.7 Å². The van der Waals surface area contributed by atoms with Gasteiger partial charge in [0, 0.05) is 6.07 Å². The number of nitrogens with zero attached hydrogens (tertiary/aromatic N) is 1. The summed E-state index contributed by atoms with van der Waals surface area (Å²) in [5, 5.41) is 0. The molecule has 0 aliphatic carbocycles. The van der Waals surface area contributed by atoms with Crippen molar-refractivity contribution in [1.29, 1.82) is 0 Å². The minimum atomic E-state index is -0.0887.